The molecule has 34 heavy (non-hydrogen) atoms. The second kappa shape index (κ2) is 9.60. The van der Waals surface area contributed by atoms with Crippen LogP contribution in [0.3, 0.4) is 0 Å². The summed E-state index contributed by atoms with van der Waals surface area (Å²) in [6.45, 7) is -0.535. The third-order valence-corrected chi connectivity index (χ3v) is 6.29. The first kappa shape index (κ1) is 23.4. The molecule has 0 aliphatic carbocycles. The minimum atomic E-state index is -1.31. The molecule has 0 fully saturated rings. The average molecular weight is 486 g/mol. The van der Waals surface area contributed by atoms with Crippen molar-refractivity contribution in [2.24, 2.45) is 0 Å². The number of hydrogen-bond donors (Lipinski definition) is 2. The Kier molecular flexibility index (Phi) is 6.60. The lowest BCUT2D eigenvalue weighted by Gasteiger charge is -2.34. The van der Waals surface area contributed by atoms with Gasteiger partial charge in [0, 0.05) is 34.7 Å². The van der Waals surface area contributed by atoms with Gasteiger partial charge in [-0.15, -0.1) is 11.8 Å². The molecule has 1 aliphatic rings. The Morgan fingerprint density at radius 3 is 2.35 bits per heavy atom. The van der Waals surface area contributed by atoms with E-state index < -0.39 is 53.4 Å². The van der Waals surface area contributed by atoms with Gasteiger partial charge < -0.3 is 10.4 Å². The molecule has 10 heteroatoms. The molecule has 4 rings (SSSR count). The molecule has 3 aromatic rings. The summed E-state index contributed by atoms with van der Waals surface area (Å²) in [5.41, 5.74) is 0.178. The maximum atomic E-state index is 13.9. The van der Waals surface area contributed by atoms with Crippen molar-refractivity contribution in [3.63, 3.8) is 0 Å². The number of halogens is 3. The molecule has 0 aromatic heterocycles. The van der Waals surface area contributed by atoms with E-state index in [4.69, 9.17) is 0 Å². The van der Waals surface area contributed by atoms with Gasteiger partial charge >= 0.3 is 5.97 Å². The predicted molar refractivity (Wildman–Crippen MR) is 119 cm³/mol. The number of nitrogens with zero attached hydrogens (tertiary/aromatic N) is 1. The van der Waals surface area contributed by atoms with Crippen molar-refractivity contribution in [3.05, 3.63) is 94.8 Å². The van der Waals surface area contributed by atoms with E-state index in [0.29, 0.717) is 22.6 Å². The van der Waals surface area contributed by atoms with Crippen LogP contribution in [0.1, 0.15) is 27.5 Å². The molecule has 2 amide bonds. The fraction of sp³-hybridized carbons (Fsp3) is 0.125. The normalized spacial score (nSPS) is 13.9. The van der Waals surface area contributed by atoms with Gasteiger partial charge in [0.2, 0.25) is 5.91 Å². The summed E-state index contributed by atoms with van der Waals surface area (Å²) in [5.74, 6) is -5.71. The third-order valence-electron chi connectivity index (χ3n) is 5.24. The van der Waals surface area contributed by atoms with Gasteiger partial charge in [-0.05, 0) is 23.8 Å². The van der Waals surface area contributed by atoms with Gasteiger partial charge in [0.25, 0.3) is 5.91 Å². The van der Waals surface area contributed by atoms with Gasteiger partial charge in [-0.3, -0.25) is 14.5 Å². The van der Waals surface area contributed by atoms with E-state index in [2.05, 4.69) is 5.32 Å². The zero-order valence-electron chi connectivity index (χ0n) is 17.4. The molecule has 0 saturated carbocycles. The van der Waals surface area contributed by atoms with Crippen molar-refractivity contribution < 1.29 is 32.7 Å². The number of anilines is 1. The summed E-state index contributed by atoms with van der Waals surface area (Å²) in [6.07, 6.45) is 0. The second-order valence-corrected chi connectivity index (χ2v) is 8.43. The van der Waals surface area contributed by atoms with Crippen molar-refractivity contribution in [2.75, 3.05) is 10.7 Å². The molecule has 0 radical (unpaired) electrons. The van der Waals surface area contributed by atoms with E-state index in [1.165, 1.54) is 23.9 Å². The number of amides is 2. The van der Waals surface area contributed by atoms with Gasteiger partial charge in [-0.25, -0.2) is 18.0 Å². The topological polar surface area (TPSA) is 86.7 Å². The highest BCUT2D eigenvalue weighted by atomic mass is 32.2. The number of carboxylic acids is 1. The first-order chi connectivity index (χ1) is 16.3. The smallest absolute Gasteiger partial charge is 0.331 e. The number of rotatable bonds is 6. The number of thioether (sulfide) groups is 1. The SMILES string of the molecule is O=C(NCc1c(F)cc(F)cc1F)c1ccc2c(c1)N(C(C(=O)O)c1ccccc1)C(=O)CS2. The summed E-state index contributed by atoms with van der Waals surface area (Å²) in [7, 11) is 0. The summed E-state index contributed by atoms with van der Waals surface area (Å²) >= 11 is 1.21. The van der Waals surface area contributed by atoms with Crippen molar-refractivity contribution >= 4 is 35.2 Å². The van der Waals surface area contributed by atoms with Crippen LogP contribution < -0.4 is 10.2 Å². The monoisotopic (exact) mass is 486 g/mol. The first-order valence-corrected chi connectivity index (χ1v) is 11.0. The molecule has 6 nitrogen and oxygen atoms in total. The number of carboxylic acid groups (broad SMARTS) is 1. The molecule has 2 N–H and O–H groups in total. The Morgan fingerprint density at radius 1 is 1.03 bits per heavy atom. The lowest BCUT2D eigenvalue weighted by atomic mass is 10.0. The van der Waals surface area contributed by atoms with Crippen LogP contribution >= 0.6 is 11.8 Å². The molecule has 0 spiro atoms. The Hall–Kier alpha value is -3.79. The molecule has 1 heterocycles. The quantitative estimate of drug-likeness (QED) is 0.543. The van der Waals surface area contributed by atoms with E-state index in [1.807, 2.05) is 0 Å². The number of carbonyl (C=O) groups excluding carboxylic acids is 2. The van der Waals surface area contributed by atoms with Crippen LogP contribution in [0, 0.1) is 17.5 Å². The molecule has 174 valence electrons. The van der Waals surface area contributed by atoms with E-state index >= 15 is 0 Å². The minimum Gasteiger partial charge on any atom is -0.479 e. The first-order valence-electron chi connectivity index (χ1n) is 10.0. The van der Waals surface area contributed by atoms with E-state index in [0.717, 1.165) is 4.90 Å². The van der Waals surface area contributed by atoms with Crippen LogP contribution in [-0.2, 0) is 16.1 Å². The lowest BCUT2D eigenvalue weighted by Crippen LogP contribution is -2.42. The van der Waals surface area contributed by atoms with Crippen LogP contribution in [0.25, 0.3) is 0 Å². The maximum Gasteiger partial charge on any atom is 0.331 e. The highest BCUT2D eigenvalue weighted by Crippen LogP contribution is 2.40. The molecule has 0 bridgehead atoms. The third kappa shape index (κ3) is 4.62. The number of nitrogens with one attached hydrogen (secondary N) is 1. The summed E-state index contributed by atoms with van der Waals surface area (Å²) in [6, 6.07) is 12.4. The highest BCUT2D eigenvalue weighted by molar-refractivity contribution is 8.00. The predicted octanol–water partition coefficient (Wildman–Crippen LogP) is 4.30. The Balaban J connectivity index is 1.65. The molecular weight excluding hydrogens is 469 g/mol. The fourth-order valence-electron chi connectivity index (χ4n) is 3.64. The fourth-order valence-corrected chi connectivity index (χ4v) is 4.53. The van der Waals surface area contributed by atoms with E-state index in [-0.39, 0.29) is 17.0 Å². The number of benzene rings is 3. The van der Waals surface area contributed by atoms with Crippen molar-refractivity contribution in [3.8, 4) is 0 Å². The number of aliphatic carboxylic acids is 1. The number of fused-ring (bicyclic) bond motifs is 1. The summed E-state index contributed by atoms with van der Waals surface area (Å²) in [5, 5.41) is 12.3. The number of hydrogen-bond acceptors (Lipinski definition) is 4. The molecule has 3 aromatic carbocycles. The van der Waals surface area contributed by atoms with Crippen LogP contribution in [0.2, 0.25) is 0 Å². The van der Waals surface area contributed by atoms with Crippen molar-refractivity contribution in [1.29, 1.82) is 0 Å². The van der Waals surface area contributed by atoms with Crippen LogP contribution in [0.4, 0.5) is 18.9 Å². The van der Waals surface area contributed by atoms with Gasteiger partial charge in [0.05, 0.1) is 11.4 Å². The average Bonchev–Trinajstić information content (AvgIpc) is 2.80. The number of carbonyl (C=O) groups is 3. The van der Waals surface area contributed by atoms with Gasteiger partial charge in [-0.2, -0.15) is 0 Å². The molecule has 1 aliphatic heterocycles. The van der Waals surface area contributed by atoms with Crippen molar-refractivity contribution in [1.82, 2.24) is 5.32 Å². The highest BCUT2D eigenvalue weighted by Gasteiger charge is 2.36. The van der Waals surface area contributed by atoms with Gasteiger partial charge in [-0.1, -0.05) is 30.3 Å². The Bertz CT molecular complexity index is 1260. The minimum absolute atomic E-state index is 0.0261. The Labute approximate surface area is 196 Å². The van der Waals surface area contributed by atoms with Crippen LogP contribution in [-0.4, -0.2) is 28.6 Å². The molecular formula is C24H17F3N2O4S. The molecule has 0 saturated heterocycles. The van der Waals surface area contributed by atoms with E-state index in [9.17, 15) is 32.7 Å². The summed E-state index contributed by atoms with van der Waals surface area (Å²) in [4.78, 5) is 39.4. The zero-order chi connectivity index (χ0) is 24.4. The van der Waals surface area contributed by atoms with Gasteiger partial charge in [0.1, 0.15) is 17.5 Å². The lowest BCUT2D eigenvalue weighted by molar-refractivity contribution is -0.140. The molecule has 1 unspecified atom stereocenters. The van der Waals surface area contributed by atoms with Gasteiger partial charge in [0.15, 0.2) is 6.04 Å². The summed E-state index contributed by atoms with van der Waals surface area (Å²) < 4.78 is 40.9. The van der Waals surface area contributed by atoms with E-state index in [1.54, 1.807) is 36.4 Å². The Morgan fingerprint density at radius 2 is 1.71 bits per heavy atom. The van der Waals surface area contributed by atoms with Crippen LogP contribution in [0.5, 0.6) is 0 Å². The van der Waals surface area contributed by atoms with Crippen molar-refractivity contribution in [2.45, 2.75) is 17.5 Å². The second-order valence-electron chi connectivity index (χ2n) is 7.42. The maximum absolute atomic E-state index is 13.9. The standard InChI is InChI=1S/C24H17F3N2O4S/c25-15-9-17(26)16(18(27)10-15)11-28-23(31)14-6-7-20-19(8-14)29(21(30)12-34-20)22(24(32)33)13-4-2-1-3-5-13/h1-10,22H,11-12H2,(H,28,31)(H,32,33). The van der Waals surface area contributed by atoms with Crippen LogP contribution in [0.15, 0.2) is 65.6 Å². The zero-order valence-corrected chi connectivity index (χ0v) is 18.2. The molecule has 1 atom stereocenters. The largest absolute Gasteiger partial charge is 0.479 e.